The van der Waals surface area contributed by atoms with Crippen molar-refractivity contribution in [3.05, 3.63) is 64.8 Å². The highest BCUT2D eigenvalue weighted by Crippen LogP contribution is 2.31. The Morgan fingerprint density at radius 1 is 1.08 bits per heavy atom. The summed E-state index contributed by atoms with van der Waals surface area (Å²) >= 11 is 0. The molecule has 0 bridgehead atoms. The van der Waals surface area contributed by atoms with Gasteiger partial charge in [-0.2, -0.15) is 0 Å². The third-order valence-corrected chi connectivity index (χ3v) is 4.74. The first-order chi connectivity index (χ1) is 12.2. The molecule has 0 atom stereocenters. The number of hydrogen-bond acceptors (Lipinski definition) is 0. The van der Waals surface area contributed by atoms with Crippen molar-refractivity contribution in [3.8, 4) is 11.3 Å². The number of rotatable bonds is 3. The van der Waals surface area contributed by atoms with Gasteiger partial charge in [0.25, 0.3) is 0 Å². The lowest BCUT2D eigenvalue weighted by atomic mass is 9.93. The minimum atomic E-state index is 0.257. The zero-order valence-electron chi connectivity index (χ0n) is 17.6. The molecule has 0 amide bonds. The first kappa shape index (κ1) is 14.2. The molecule has 3 rings (SSSR count). The summed E-state index contributed by atoms with van der Waals surface area (Å²) in [7, 11) is 1.90. The van der Waals surface area contributed by atoms with E-state index in [1.165, 1.54) is 22.3 Å². The minimum absolute atomic E-state index is 0.257. The fraction of sp³-hybridized carbons (Fsp3) is 0.348. The van der Waals surface area contributed by atoms with E-state index in [1.54, 1.807) is 0 Å². The van der Waals surface area contributed by atoms with Gasteiger partial charge in [0.15, 0.2) is 6.17 Å². The Balaban J connectivity index is 2.39. The molecule has 2 aromatic carbocycles. The molecule has 24 heavy (non-hydrogen) atoms. The molecule has 0 fully saturated rings. The van der Waals surface area contributed by atoms with Crippen molar-refractivity contribution < 1.29 is 7.31 Å². The van der Waals surface area contributed by atoms with E-state index >= 15 is 0 Å². The third kappa shape index (κ3) is 3.08. The molecule has 0 radical (unpaired) electrons. The number of fused-ring (bicyclic) bond motifs is 1. The SMILES string of the molecule is [2H]c1c([2H])[n+](C)c(-c2cc(C)cc(C)c2C)c2ccc(CC(C)C)cc12. The van der Waals surface area contributed by atoms with Crippen LogP contribution in [0.5, 0.6) is 0 Å². The van der Waals surface area contributed by atoms with Crippen LogP contribution in [0.4, 0.5) is 0 Å². The molecule has 0 N–H and O–H groups in total. The highest BCUT2D eigenvalue weighted by Gasteiger charge is 2.18. The molecular weight excluding hydrogens is 290 g/mol. The second-order valence-electron chi connectivity index (χ2n) is 7.38. The molecule has 1 aromatic heterocycles. The first-order valence-electron chi connectivity index (χ1n) is 9.70. The predicted octanol–water partition coefficient (Wildman–Crippen LogP) is 5.46. The number of pyridine rings is 1. The zero-order chi connectivity index (χ0) is 19.2. The topological polar surface area (TPSA) is 3.88 Å². The molecule has 124 valence electrons. The molecule has 3 aromatic rings. The van der Waals surface area contributed by atoms with Crippen LogP contribution < -0.4 is 4.57 Å². The Morgan fingerprint density at radius 2 is 1.83 bits per heavy atom. The molecule has 0 saturated heterocycles. The number of hydrogen-bond donors (Lipinski definition) is 0. The second kappa shape index (κ2) is 6.39. The standard InChI is InChI=1S/C23H28N/c1-15(2)11-19-7-8-21-20(14-19)9-10-24(6)23(21)22-13-16(3)12-17(4)18(22)5/h7-10,12-15H,11H2,1-6H3/q+1/i9D,10D. The molecule has 1 heteroatoms. The van der Waals surface area contributed by atoms with Gasteiger partial charge >= 0.3 is 0 Å². The maximum Gasteiger partial charge on any atom is 0.220 e. The number of aryl methyl sites for hydroxylation is 2. The maximum atomic E-state index is 8.50. The summed E-state index contributed by atoms with van der Waals surface area (Å²) in [5.74, 6) is 0.568. The van der Waals surface area contributed by atoms with Gasteiger partial charge in [-0.15, -0.1) is 0 Å². The van der Waals surface area contributed by atoms with Crippen LogP contribution >= 0.6 is 0 Å². The van der Waals surface area contributed by atoms with Gasteiger partial charge in [0.05, 0.1) is 12.3 Å². The Kier molecular flexibility index (Phi) is 3.79. The lowest BCUT2D eigenvalue weighted by molar-refractivity contribution is -0.659. The molecule has 0 spiro atoms. The summed E-state index contributed by atoms with van der Waals surface area (Å²) in [5, 5.41) is 1.92. The van der Waals surface area contributed by atoms with Gasteiger partial charge in [-0.1, -0.05) is 37.6 Å². The van der Waals surface area contributed by atoms with Crippen LogP contribution in [0.2, 0.25) is 0 Å². The molecule has 0 saturated carbocycles. The predicted molar refractivity (Wildman–Crippen MR) is 103 cm³/mol. The largest absolute Gasteiger partial charge is 0.220 e. The zero-order valence-corrected chi connectivity index (χ0v) is 15.6. The maximum absolute atomic E-state index is 8.50. The van der Waals surface area contributed by atoms with E-state index in [-0.39, 0.29) is 6.17 Å². The van der Waals surface area contributed by atoms with Gasteiger partial charge < -0.3 is 0 Å². The van der Waals surface area contributed by atoms with Crippen molar-refractivity contribution in [2.75, 3.05) is 0 Å². The third-order valence-electron chi connectivity index (χ3n) is 4.74. The van der Waals surface area contributed by atoms with E-state index < -0.39 is 0 Å². The van der Waals surface area contributed by atoms with E-state index in [1.807, 2.05) is 11.6 Å². The summed E-state index contributed by atoms with van der Waals surface area (Å²) in [6, 6.07) is 11.1. The Morgan fingerprint density at radius 3 is 2.54 bits per heavy atom. The van der Waals surface area contributed by atoms with E-state index in [4.69, 9.17) is 2.74 Å². The second-order valence-corrected chi connectivity index (χ2v) is 7.38. The highest BCUT2D eigenvalue weighted by atomic mass is 14.9. The van der Waals surface area contributed by atoms with Crippen molar-refractivity contribution in [1.29, 1.82) is 0 Å². The smallest absolute Gasteiger partial charge is 0.200 e. The van der Waals surface area contributed by atoms with Crippen LogP contribution in [0.25, 0.3) is 22.0 Å². The van der Waals surface area contributed by atoms with Crippen molar-refractivity contribution in [1.82, 2.24) is 0 Å². The molecule has 1 heterocycles. The van der Waals surface area contributed by atoms with Gasteiger partial charge in [-0.3, -0.25) is 0 Å². The van der Waals surface area contributed by atoms with Gasteiger partial charge in [0.1, 0.15) is 8.42 Å². The summed E-state index contributed by atoms with van der Waals surface area (Å²) in [4.78, 5) is 0. The Labute approximate surface area is 148 Å². The van der Waals surface area contributed by atoms with E-state index in [9.17, 15) is 0 Å². The highest BCUT2D eigenvalue weighted by molar-refractivity contribution is 5.94. The van der Waals surface area contributed by atoms with Gasteiger partial charge in [-0.05, 0) is 67.3 Å². The summed E-state index contributed by atoms with van der Waals surface area (Å²) < 4.78 is 18.8. The fourth-order valence-corrected chi connectivity index (χ4v) is 3.49. The number of benzene rings is 2. The Hall–Kier alpha value is -2.15. The number of nitrogens with zero attached hydrogens (tertiary/aromatic N) is 1. The lowest BCUT2D eigenvalue weighted by Gasteiger charge is -2.12. The van der Waals surface area contributed by atoms with Crippen LogP contribution in [0.15, 0.2) is 42.5 Å². The van der Waals surface area contributed by atoms with E-state index in [0.29, 0.717) is 12.0 Å². The first-order valence-corrected chi connectivity index (χ1v) is 8.70. The number of aromatic nitrogens is 1. The average Bonchev–Trinajstić information content (AvgIpc) is 2.57. The Bertz CT molecular complexity index is 1000. The van der Waals surface area contributed by atoms with Crippen LogP contribution in [-0.2, 0) is 13.5 Å². The van der Waals surface area contributed by atoms with Crippen LogP contribution in [0, 0.1) is 26.7 Å². The normalized spacial score (nSPS) is 12.6. The average molecular weight is 320 g/mol. The fourth-order valence-electron chi connectivity index (χ4n) is 3.49. The van der Waals surface area contributed by atoms with Crippen molar-refractivity contribution in [2.24, 2.45) is 13.0 Å². The van der Waals surface area contributed by atoms with E-state index in [2.05, 4.69) is 65.0 Å². The molecule has 0 aliphatic rings. The summed E-state index contributed by atoms with van der Waals surface area (Å²) in [6.07, 6.45) is 1.24. The van der Waals surface area contributed by atoms with Crippen LogP contribution in [-0.4, -0.2) is 0 Å². The minimum Gasteiger partial charge on any atom is -0.200 e. The van der Waals surface area contributed by atoms with Gasteiger partial charge in [0.2, 0.25) is 5.69 Å². The quantitative estimate of drug-likeness (QED) is 0.565. The summed E-state index contributed by atoms with van der Waals surface area (Å²) in [6.45, 7) is 10.8. The van der Waals surface area contributed by atoms with E-state index in [0.717, 1.165) is 28.5 Å². The summed E-state index contributed by atoms with van der Waals surface area (Å²) in [5.41, 5.74) is 7.12. The molecule has 1 nitrogen and oxygen atoms in total. The monoisotopic (exact) mass is 320 g/mol. The molecule has 0 aliphatic heterocycles. The molecule has 0 aliphatic carbocycles. The van der Waals surface area contributed by atoms with Crippen molar-refractivity contribution in [2.45, 2.75) is 41.0 Å². The molecular formula is C23H28N+. The van der Waals surface area contributed by atoms with Gasteiger partial charge in [-0.25, -0.2) is 4.57 Å². The lowest BCUT2D eigenvalue weighted by Crippen LogP contribution is -2.30. The van der Waals surface area contributed by atoms with Crippen molar-refractivity contribution >= 4 is 10.8 Å². The molecule has 0 unspecified atom stereocenters. The van der Waals surface area contributed by atoms with Crippen LogP contribution in [0.3, 0.4) is 0 Å². The van der Waals surface area contributed by atoms with Crippen molar-refractivity contribution in [3.63, 3.8) is 0 Å². The van der Waals surface area contributed by atoms with Crippen LogP contribution in [0.1, 0.15) is 38.8 Å². The van der Waals surface area contributed by atoms with Gasteiger partial charge in [0, 0.05) is 6.04 Å².